The Hall–Kier alpha value is -0.290. The molecule has 0 unspecified atom stereocenters. The smallest absolute Gasteiger partial charge is 0.314 e. The molecule has 1 aliphatic carbocycles. The van der Waals surface area contributed by atoms with Gasteiger partial charge in [0.05, 0.1) is 6.54 Å². The number of hydrogen-bond acceptors (Lipinski definition) is 2. The number of hydrogen-bond donors (Lipinski definition) is 1. The molecule has 0 spiro atoms. The van der Waals surface area contributed by atoms with Crippen LogP contribution in [0.1, 0.15) is 51.9 Å². The molecule has 0 amide bonds. The molecule has 0 saturated heterocycles. The molecule has 19 heavy (non-hydrogen) atoms. The second kappa shape index (κ2) is 8.80. The number of alkyl halides is 3. The highest BCUT2D eigenvalue weighted by Gasteiger charge is 2.30. The minimum Gasteiger partial charge on any atom is -0.314 e. The van der Waals surface area contributed by atoms with Gasteiger partial charge in [-0.2, -0.15) is 13.2 Å². The van der Waals surface area contributed by atoms with Crippen LogP contribution in [0.5, 0.6) is 0 Å². The summed E-state index contributed by atoms with van der Waals surface area (Å²) >= 11 is 0. The molecular weight excluding hydrogens is 253 g/mol. The van der Waals surface area contributed by atoms with Crippen LogP contribution < -0.4 is 5.32 Å². The van der Waals surface area contributed by atoms with E-state index in [0.29, 0.717) is 19.1 Å². The minimum absolute atomic E-state index is 0.531. The van der Waals surface area contributed by atoms with Gasteiger partial charge in [0.25, 0.3) is 0 Å². The average molecular weight is 280 g/mol. The number of rotatable bonds is 8. The molecule has 114 valence electrons. The molecule has 0 heterocycles. The number of nitrogens with one attached hydrogen (secondary N) is 1. The molecule has 1 aliphatic rings. The summed E-state index contributed by atoms with van der Waals surface area (Å²) in [6.07, 6.45) is 3.84. The van der Waals surface area contributed by atoms with Gasteiger partial charge in [0, 0.05) is 6.04 Å². The first-order valence-corrected chi connectivity index (χ1v) is 7.54. The fourth-order valence-corrected chi connectivity index (χ4v) is 2.76. The van der Waals surface area contributed by atoms with E-state index in [1.807, 2.05) is 6.92 Å². The van der Waals surface area contributed by atoms with Crippen LogP contribution in [0.4, 0.5) is 13.2 Å². The van der Waals surface area contributed by atoms with Gasteiger partial charge < -0.3 is 5.32 Å². The van der Waals surface area contributed by atoms with Crippen LogP contribution in [0.2, 0.25) is 0 Å². The summed E-state index contributed by atoms with van der Waals surface area (Å²) in [5.74, 6) is 0. The Labute approximate surface area is 114 Å². The zero-order chi connectivity index (χ0) is 14.1. The third-order valence-electron chi connectivity index (χ3n) is 3.63. The van der Waals surface area contributed by atoms with Gasteiger partial charge in [-0.15, -0.1) is 0 Å². The first-order chi connectivity index (χ1) is 9.01. The molecule has 1 rings (SSSR count). The first-order valence-electron chi connectivity index (χ1n) is 7.54. The summed E-state index contributed by atoms with van der Waals surface area (Å²) in [4.78, 5) is 1.52. The van der Waals surface area contributed by atoms with Crippen molar-refractivity contribution in [2.45, 2.75) is 64.1 Å². The molecule has 0 aromatic carbocycles. The van der Waals surface area contributed by atoms with Crippen molar-refractivity contribution >= 4 is 0 Å². The quantitative estimate of drug-likeness (QED) is 0.684. The van der Waals surface area contributed by atoms with Crippen LogP contribution in [0.3, 0.4) is 0 Å². The average Bonchev–Trinajstić information content (AvgIpc) is 2.34. The Balaban J connectivity index is 2.13. The normalized spacial score (nSPS) is 18.2. The lowest BCUT2D eigenvalue weighted by molar-refractivity contribution is -0.146. The van der Waals surface area contributed by atoms with E-state index in [1.165, 1.54) is 37.0 Å². The second-order valence-corrected chi connectivity index (χ2v) is 5.53. The van der Waals surface area contributed by atoms with Crippen molar-refractivity contribution in [2.75, 3.05) is 26.2 Å². The molecule has 0 atom stereocenters. The van der Waals surface area contributed by atoms with Gasteiger partial charge in [-0.3, -0.25) is 4.90 Å². The molecule has 1 saturated carbocycles. The van der Waals surface area contributed by atoms with Crippen molar-refractivity contribution in [3.8, 4) is 0 Å². The predicted molar refractivity (Wildman–Crippen MR) is 72.3 cm³/mol. The first kappa shape index (κ1) is 16.8. The minimum atomic E-state index is -4.08. The summed E-state index contributed by atoms with van der Waals surface area (Å²) in [6, 6.07) is 0.594. The highest BCUT2D eigenvalue weighted by Crippen LogP contribution is 2.18. The Morgan fingerprint density at radius 3 is 2.37 bits per heavy atom. The lowest BCUT2D eigenvalue weighted by atomic mass is 9.95. The highest BCUT2D eigenvalue weighted by atomic mass is 19.4. The van der Waals surface area contributed by atoms with Crippen LogP contribution in [-0.4, -0.2) is 43.3 Å². The molecule has 0 aromatic heterocycles. The highest BCUT2D eigenvalue weighted by molar-refractivity contribution is 4.72. The number of halogens is 3. The SMILES string of the molecule is CCCN(CCCNC1CCCCC1)CC(F)(F)F. The topological polar surface area (TPSA) is 15.3 Å². The zero-order valence-corrected chi connectivity index (χ0v) is 11.9. The van der Waals surface area contributed by atoms with Crippen LogP contribution in [0.15, 0.2) is 0 Å². The maximum absolute atomic E-state index is 12.4. The zero-order valence-electron chi connectivity index (χ0n) is 11.9. The fraction of sp³-hybridized carbons (Fsp3) is 1.00. The summed E-state index contributed by atoms with van der Waals surface area (Å²) in [6.45, 7) is 3.05. The van der Waals surface area contributed by atoms with E-state index in [2.05, 4.69) is 5.32 Å². The van der Waals surface area contributed by atoms with Gasteiger partial charge in [0.15, 0.2) is 0 Å². The molecule has 1 N–H and O–H groups in total. The third-order valence-corrected chi connectivity index (χ3v) is 3.63. The lowest BCUT2D eigenvalue weighted by Crippen LogP contribution is -2.38. The van der Waals surface area contributed by atoms with Crippen LogP contribution in [0.25, 0.3) is 0 Å². The Kier molecular flexibility index (Phi) is 7.76. The van der Waals surface area contributed by atoms with Crippen LogP contribution in [0, 0.1) is 0 Å². The Morgan fingerprint density at radius 1 is 1.11 bits per heavy atom. The van der Waals surface area contributed by atoms with Gasteiger partial charge in [-0.25, -0.2) is 0 Å². The lowest BCUT2D eigenvalue weighted by Gasteiger charge is -2.25. The van der Waals surface area contributed by atoms with E-state index >= 15 is 0 Å². The molecule has 0 aliphatic heterocycles. The predicted octanol–water partition coefficient (Wildman–Crippen LogP) is 3.57. The van der Waals surface area contributed by atoms with Crippen molar-refractivity contribution in [2.24, 2.45) is 0 Å². The number of nitrogens with zero attached hydrogens (tertiary/aromatic N) is 1. The maximum Gasteiger partial charge on any atom is 0.401 e. The molecule has 5 heteroatoms. The Morgan fingerprint density at radius 2 is 1.79 bits per heavy atom. The summed E-state index contributed by atoms with van der Waals surface area (Å²) < 4.78 is 37.1. The maximum atomic E-state index is 12.4. The largest absolute Gasteiger partial charge is 0.401 e. The molecular formula is C14H27F3N2. The monoisotopic (exact) mass is 280 g/mol. The summed E-state index contributed by atoms with van der Waals surface area (Å²) in [5, 5.41) is 3.47. The van der Waals surface area contributed by atoms with E-state index < -0.39 is 12.7 Å². The molecule has 1 fully saturated rings. The summed E-state index contributed by atoms with van der Waals surface area (Å²) in [7, 11) is 0. The van der Waals surface area contributed by atoms with E-state index in [4.69, 9.17) is 0 Å². The standard InChI is InChI=1S/C14H27F3N2/c1-2-10-19(12-14(15,16)17)11-6-9-18-13-7-4-3-5-8-13/h13,18H,2-12H2,1H3. The van der Waals surface area contributed by atoms with Gasteiger partial charge in [0.2, 0.25) is 0 Å². The van der Waals surface area contributed by atoms with Crippen molar-refractivity contribution < 1.29 is 13.2 Å². The van der Waals surface area contributed by atoms with E-state index in [1.54, 1.807) is 0 Å². The van der Waals surface area contributed by atoms with E-state index in [0.717, 1.165) is 19.4 Å². The van der Waals surface area contributed by atoms with Crippen LogP contribution >= 0.6 is 0 Å². The molecule has 0 bridgehead atoms. The third kappa shape index (κ3) is 8.47. The van der Waals surface area contributed by atoms with E-state index in [-0.39, 0.29) is 0 Å². The molecule has 2 nitrogen and oxygen atoms in total. The van der Waals surface area contributed by atoms with E-state index in [9.17, 15) is 13.2 Å². The van der Waals surface area contributed by atoms with Crippen molar-refractivity contribution in [3.05, 3.63) is 0 Å². The van der Waals surface area contributed by atoms with Crippen molar-refractivity contribution in [3.63, 3.8) is 0 Å². The second-order valence-electron chi connectivity index (χ2n) is 5.53. The van der Waals surface area contributed by atoms with Gasteiger partial charge in [-0.1, -0.05) is 26.2 Å². The molecule has 0 radical (unpaired) electrons. The Bertz CT molecular complexity index is 225. The fourth-order valence-electron chi connectivity index (χ4n) is 2.76. The van der Waals surface area contributed by atoms with Crippen molar-refractivity contribution in [1.29, 1.82) is 0 Å². The van der Waals surface area contributed by atoms with Gasteiger partial charge in [-0.05, 0) is 45.3 Å². The molecule has 0 aromatic rings. The van der Waals surface area contributed by atoms with Gasteiger partial charge in [0.1, 0.15) is 0 Å². The van der Waals surface area contributed by atoms with Crippen LogP contribution in [-0.2, 0) is 0 Å². The summed E-state index contributed by atoms with van der Waals surface area (Å²) in [5.41, 5.74) is 0. The van der Waals surface area contributed by atoms with Gasteiger partial charge >= 0.3 is 6.18 Å². The van der Waals surface area contributed by atoms with Crippen molar-refractivity contribution in [1.82, 2.24) is 10.2 Å².